The molecule has 1 aromatic heterocycles. The summed E-state index contributed by atoms with van der Waals surface area (Å²) in [7, 11) is 3.74. The van der Waals surface area contributed by atoms with E-state index in [-0.39, 0.29) is 18.5 Å². The van der Waals surface area contributed by atoms with E-state index in [9.17, 15) is 14.4 Å². The quantitative estimate of drug-likeness (QED) is 0.727. The van der Waals surface area contributed by atoms with Crippen LogP contribution in [0, 0.1) is 6.92 Å². The third kappa shape index (κ3) is 4.83. The SMILES string of the molecule is Cc1ccc(NC(=O)C(=O)NCC(c2ccco2)N(C)C)cc1N1CCCC1=O. The molecular formula is C21H26N4O4. The number of hydrogen-bond donors (Lipinski definition) is 2. The van der Waals surface area contributed by atoms with E-state index in [2.05, 4.69) is 10.6 Å². The van der Waals surface area contributed by atoms with Crippen LogP contribution in [0.5, 0.6) is 0 Å². The number of nitrogens with one attached hydrogen (secondary N) is 2. The van der Waals surface area contributed by atoms with Gasteiger partial charge in [-0.1, -0.05) is 6.07 Å². The number of likely N-dealkylation sites (N-methyl/N-ethyl adjacent to an activating group) is 1. The summed E-state index contributed by atoms with van der Waals surface area (Å²) in [6.45, 7) is 2.81. The van der Waals surface area contributed by atoms with E-state index in [4.69, 9.17) is 4.42 Å². The maximum Gasteiger partial charge on any atom is 0.313 e. The molecular weight excluding hydrogens is 372 g/mol. The number of amides is 3. The zero-order chi connectivity index (χ0) is 21.0. The molecule has 1 unspecified atom stereocenters. The average Bonchev–Trinajstić information content (AvgIpc) is 3.35. The van der Waals surface area contributed by atoms with E-state index < -0.39 is 11.8 Å². The predicted molar refractivity (Wildman–Crippen MR) is 110 cm³/mol. The van der Waals surface area contributed by atoms with E-state index in [1.165, 1.54) is 0 Å². The van der Waals surface area contributed by atoms with Gasteiger partial charge in [-0.3, -0.25) is 19.3 Å². The molecule has 1 aromatic carbocycles. The minimum atomic E-state index is -0.760. The molecule has 2 aromatic rings. The van der Waals surface area contributed by atoms with Gasteiger partial charge in [-0.05, 0) is 57.3 Å². The van der Waals surface area contributed by atoms with Crippen LogP contribution >= 0.6 is 0 Å². The predicted octanol–water partition coefficient (Wildman–Crippen LogP) is 2.07. The van der Waals surface area contributed by atoms with Crippen molar-refractivity contribution >= 4 is 29.1 Å². The Balaban J connectivity index is 1.62. The van der Waals surface area contributed by atoms with Crippen molar-refractivity contribution in [3.8, 4) is 0 Å². The number of benzene rings is 1. The van der Waals surface area contributed by atoms with Gasteiger partial charge in [-0.25, -0.2) is 0 Å². The highest BCUT2D eigenvalue weighted by molar-refractivity contribution is 6.39. The maximum absolute atomic E-state index is 12.3. The van der Waals surface area contributed by atoms with Crippen LogP contribution in [0.4, 0.5) is 11.4 Å². The van der Waals surface area contributed by atoms with Crippen molar-refractivity contribution < 1.29 is 18.8 Å². The number of anilines is 2. The number of aryl methyl sites for hydroxylation is 1. The Kier molecular flexibility index (Phi) is 6.33. The van der Waals surface area contributed by atoms with Crippen LogP contribution in [0.1, 0.15) is 30.2 Å². The first-order valence-electron chi connectivity index (χ1n) is 9.57. The zero-order valence-corrected chi connectivity index (χ0v) is 16.9. The molecule has 1 aliphatic rings. The minimum Gasteiger partial charge on any atom is -0.468 e. The first-order valence-corrected chi connectivity index (χ1v) is 9.57. The normalized spacial score (nSPS) is 14.9. The lowest BCUT2D eigenvalue weighted by Gasteiger charge is -2.22. The van der Waals surface area contributed by atoms with Gasteiger partial charge in [0.15, 0.2) is 0 Å². The van der Waals surface area contributed by atoms with Crippen molar-refractivity contribution in [2.24, 2.45) is 0 Å². The standard InChI is InChI=1S/C21H26N4O4/c1-14-8-9-15(12-16(14)25-10-4-7-19(25)26)23-21(28)20(27)22-13-17(24(2)3)18-6-5-11-29-18/h5-6,8-9,11-12,17H,4,7,10,13H2,1-3H3,(H,22,27)(H,23,28). The third-order valence-corrected chi connectivity index (χ3v) is 4.99. The van der Waals surface area contributed by atoms with E-state index in [1.807, 2.05) is 38.1 Å². The van der Waals surface area contributed by atoms with Gasteiger partial charge >= 0.3 is 11.8 Å². The monoisotopic (exact) mass is 398 g/mol. The summed E-state index contributed by atoms with van der Waals surface area (Å²) in [6, 6.07) is 8.69. The number of carbonyl (C=O) groups is 3. The summed E-state index contributed by atoms with van der Waals surface area (Å²) < 4.78 is 5.40. The Morgan fingerprint density at radius 2 is 2.03 bits per heavy atom. The van der Waals surface area contributed by atoms with Gasteiger partial charge in [0.2, 0.25) is 5.91 Å². The lowest BCUT2D eigenvalue weighted by atomic mass is 10.1. The Hall–Kier alpha value is -3.13. The van der Waals surface area contributed by atoms with Gasteiger partial charge in [0.05, 0.1) is 12.3 Å². The fourth-order valence-corrected chi connectivity index (χ4v) is 3.36. The highest BCUT2D eigenvalue weighted by Gasteiger charge is 2.24. The molecule has 2 N–H and O–H groups in total. The second kappa shape index (κ2) is 8.91. The fraction of sp³-hybridized carbons (Fsp3) is 0.381. The van der Waals surface area contributed by atoms with Crippen LogP contribution in [-0.4, -0.2) is 49.8 Å². The van der Waals surface area contributed by atoms with Crippen LogP contribution < -0.4 is 15.5 Å². The number of hydrogen-bond acceptors (Lipinski definition) is 5. The third-order valence-electron chi connectivity index (χ3n) is 4.99. The number of furan rings is 1. The molecule has 3 rings (SSSR count). The molecule has 29 heavy (non-hydrogen) atoms. The lowest BCUT2D eigenvalue weighted by molar-refractivity contribution is -0.136. The molecule has 3 amide bonds. The molecule has 0 spiro atoms. The molecule has 1 saturated heterocycles. The van der Waals surface area contributed by atoms with Crippen LogP contribution in [0.25, 0.3) is 0 Å². The van der Waals surface area contributed by atoms with Gasteiger partial charge in [0, 0.05) is 30.9 Å². The number of nitrogens with zero attached hydrogens (tertiary/aromatic N) is 2. The fourth-order valence-electron chi connectivity index (χ4n) is 3.36. The topological polar surface area (TPSA) is 94.9 Å². The van der Waals surface area contributed by atoms with Gasteiger partial charge in [-0.2, -0.15) is 0 Å². The van der Waals surface area contributed by atoms with Gasteiger partial charge in [0.25, 0.3) is 0 Å². The van der Waals surface area contributed by atoms with Gasteiger partial charge in [0.1, 0.15) is 5.76 Å². The van der Waals surface area contributed by atoms with Crippen LogP contribution in [0.3, 0.4) is 0 Å². The molecule has 2 heterocycles. The average molecular weight is 398 g/mol. The van der Waals surface area contributed by atoms with Crippen molar-refractivity contribution in [2.45, 2.75) is 25.8 Å². The van der Waals surface area contributed by atoms with Gasteiger partial charge < -0.3 is 20.0 Å². The number of carbonyl (C=O) groups excluding carboxylic acids is 3. The van der Waals surface area contributed by atoms with Crippen molar-refractivity contribution in [1.82, 2.24) is 10.2 Å². The molecule has 1 aliphatic heterocycles. The first-order chi connectivity index (χ1) is 13.9. The summed E-state index contributed by atoms with van der Waals surface area (Å²) >= 11 is 0. The molecule has 0 radical (unpaired) electrons. The smallest absolute Gasteiger partial charge is 0.313 e. The molecule has 1 atom stereocenters. The summed E-state index contributed by atoms with van der Waals surface area (Å²) in [5, 5.41) is 5.25. The van der Waals surface area contributed by atoms with Crippen molar-refractivity contribution in [3.63, 3.8) is 0 Å². The second-order valence-corrected chi connectivity index (χ2v) is 7.31. The van der Waals surface area contributed by atoms with E-state index in [0.29, 0.717) is 24.4 Å². The molecule has 0 saturated carbocycles. The molecule has 0 bridgehead atoms. The Bertz CT molecular complexity index is 892. The highest BCUT2D eigenvalue weighted by atomic mass is 16.3. The van der Waals surface area contributed by atoms with E-state index in [1.54, 1.807) is 29.4 Å². The Morgan fingerprint density at radius 3 is 2.66 bits per heavy atom. The van der Waals surface area contributed by atoms with E-state index in [0.717, 1.165) is 17.7 Å². The zero-order valence-electron chi connectivity index (χ0n) is 16.9. The summed E-state index contributed by atoms with van der Waals surface area (Å²) in [5.74, 6) is -0.719. The molecule has 8 nitrogen and oxygen atoms in total. The summed E-state index contributed by atoms with van der Waals surface area (Å²) in [6.07, 6.45) is 2.92. The van der Waals surface area contributed by atoms with Crippen LogP contribution in [0.15, 0.2) is 41.0 Å². The maximum atomic E-state index is 12.3. The largest absolute Gasteiger partial charge is 0.468 e. The molecule has 154 valence electrons. The first kappa shape index (κ1) is 20.6. The van der Waals surface area contributed by atoms with Crippen LogP contribution in [0.2, 0.25) is 0 Å². The lowest BCUT2D eigenvalue weighted by Crippen LogP contribution is -2.40. The van der Waals surface area contributed by atoms with Crippen molar-refractivity contribution in [1.29, 1.82) is 0 Å². The molecule has 0 aliphatic carbocycles. The highest BCUT2D eigenvalue weighted by Crippen LogP contribution is 2.28. The summed E-state index contributed by atoms with van der Waals surface area (Å²) in [4.78, 5) is 40.2. The van der Waals surface area contributed by atoms with Crippen molar-refractivity contribution in [3.05, 3.63) is 47.9 Å². The van der Waals surface area contributed by atoms with E-state index >= 15 is 0 Å². The number of rotatable bonds is 6. The molecule has 1 fully saturated rings. The summed E-state index contributed by atoms with van der Waals surface area (Å²) in [5.41, 5.74) is 2.17. The van der Waals surface area contributed by atoms with Gasteiger partial charge in [-0.15, -0.1) is 0 Å². The molecule has 8 heteroatoms. The minimum absolute atomic E-state index is 0.0713. The Labute approximate surface area is 169 Å². The second-order valence-electron chi connectivity index (χ2n) is 7.31. The van der Waals surface area contributed by atoms with Crippen LogP contribution in [-0.2, 0) is 14.4 Å². The van der Waals surface area contributed by atoms with Crippen molar-refractivity contribution in [2.75, 3.05) is 37.4 Å². The Morgan fingerprint density at radius 1 is 1.24 bits per heavy atom.